The molecule has 0 spiro atoms. The van der Waals surface area contributed by atoms with E-state index in [0.29, 0.717) is 17.8 Å². The standard InChI is InChI=1S/C17H25NO/c1-11-4-3-5-16(12(11)2)18-17-9-6-13-10-14(19)7-8-15(13)17/h7-8,10-12,16-19H,3-6,9H2,1-2H3. The Morgan fingerprint density at radius 1 is 1.16 bits per heavy atom. The highest BCUT2D eigenvalue weighted by atomic mass is 16.3. The van der Waals surface area contributed by atoms with E-state index in [9.17, 15) is 5.11 Å². The van der Waals surface area contributed by atoms with Crippen molar-refractivity contribution in [2.24, 2.45) is 11.8 Å². The summed E-state index contributed by atoms with van der Waals surface area (Å²) < 4.78 is 0. The SMILES string of the molecule is CC1CCCC(NC2CCc3cc(O)ccc32)C1C. The molecule has 0 radical (unpaired) electrons. The summed E-state index contributed by atoms with van der Waals surface area (Å²) in [4.78, 5) is 0. The van der Waals surface area contributed by atoms with Crippen LogP contribution < -0.4 is 5.32 Å². The molecule has 4 unspecified atom stereocenters. The van der Waals surface area contributed by atoms with Crippen LogP contribution in [0, 0.1) is 11.8 Å². The van der Waals surface area contributed by atoms with Gasteiger partial charge in [0.15, 0.2) is 0 Å². The van der Waals surface area contributed by atoms with E-state index >= 15 is 0 Å². The van der Waals surface area contributed by atoms with Gasteiger partial charge in [0.25, 0.3) is 0 Å². The Morgan fingerprint density at radius 2 is 2.00 bits per heavy atom. The first-order valence-corrected chi connectivity index (χ1v) is 7.73. The molecule has 2 aliphatic carbocycles. The van der Waals surface area contributed by atoms with Crippen molar-refractivity contribution in [2.45, 2.75) is 58.0 Å². The maximum absolute atomic E-state index is 9.56. The van der Waals surface area contributed by atoms with Gasteiger partial charge in [-0.2, -0.15) is 0 Å². The predicted octanol–water partition coefficient (Wildman–Crippen LogP) is 3.79. The van der Waals surface area contributed by atoms with Crippen LogP contribution >= 0.6 is 0 Å². The molecule has 2 nitrogen and oxygen atoms in total. The maximum atomic E-state index is 9.56. The number of hydrogen-bond donors (Lipinski definition) is 2. The van der Waals surface area contributed by atoms with Crippen LogP contribution in [0.3, 0.4) is 0 Å². The van der Waals surface area contributed by atoms with Crippen LogP contribution in [0.1, 0.15) is 56.7 Å². The highest BCUT2D eigenvalue weighted by molar-refractivity contribution is 5.40. The van der Waals surface area contributed by atoms with Gasteiger partial charge in [-0.1, -0.05) is 32.8 Å². The summed E-state index contributed by atoms with van der Waals surface area (Å²) >= 11 is 0. The summed E-state index contributed by atoms with van der Waals surface area (Å²) in [6, 6.07) is 7.02. The largest absolute Gasteiger partial charge is 0.508 e. The number of phenolic OH excluding ortho intramolecular Hbond substituents is 1. The van der Waals surface area contributed by atoms with Gasteiger partial charge in [-0.3, -0.25) is 0 Å². The van der Waals surface area contributed by atoms with E-state index in [-0.39, 0.29) is 0 Å². The minimum atomic E-state index is 0.402. The van der Waals surface area contributed by atoms with Gasteiger partial charge >= 0.3 is 0 Å². The van der Waals surface area contributed by atoms with Crippen molar-refractivity contribution in [1.82, 2.24) is 5.32 Å². The Morgan fingerprint density at radius 3 is 2.84 bits per heavy atom. The highest BCUT2D eigenvalue weighted by Gasteiger charge is 2.31. The minimum Gasteiger partial charge on any atom is -0.508 e. The van der Waals surface area contributed by atoms with Gasteiger partial charge in [-0.25, -0.2) is 0 Å². The summed E-state index contributed by atoms with van der Waals surface area (Å²) in [6.45, 7) is 4.79. The molecule has 4 atom stereocenters. The second kappa shape index (κ2) is 5.16. The molecule has 1 saturated carbocycles. The lowest BCUT2D eigenvalue weighted by Crippen LogP contribution is -2.41. The van der Waals surface area contributed by atoms with Crippen LogP contribution in [0.25, 0.3) is 0 Å². The molecular formula is C17H25NO. The molecular weight excluding hydrogens is 234 g/mol. The summed E-state index contributed by atoms with van der Waals surface area (Å²) in [5.41, 5.74) is 2.73. The van der Waals surface area contributed by atoms with Gasteiger partial charge in [-0.15, -0.1) is 0 Å². The van der Waals surface area contributed by atoms with E-state index in [1.807, 2.05) is 12.1 Å². The number of aromatic hydroxyl groups is 1. The second-order valence-corrected chi connectivity index (χ2v) is 6.51. The average molecular weight is 259 g/mol. The molecule has 2 heteroatoms. The number of fused-ring (bicyclic) bond motifs is 1. The van der Waals surface area contributed by atoms with Crippen LogP contribution in [0.2, 0.25) is 0 Å². The van der Waals surface area contributed by atoms with Crippen LogP contribution in [-0.4, -0.2) is 11.1 Å². The Labute approximate surface area is 116 Å². The summed E-state index contributed by atoms with van der Waals surface area (Å²) in [5, 5.41) is 13.5. The molecule has 1 aromatic rings. The number of aryl methyl sites for hydroxylation is 1. The molecule has 3 rings (SSSR count). The lowest BCUT2D eigenvalue weighted by atomic mass is 9.77. The molecule has 2 N–H and O–H groups in total. The summed E-state index contributed by atoms with van der Waals surface area (Å²) in [6.07, 6.45) is 6.33. The van der Waals surface area contributed by atoms with Crippen molar-refractivity contribution in [3.05, 3.63) is 29.3 Å². The van der Waals surface area contributed by atoms with Crippen LogP contribution in [0.5, 0.6) is 5.75 Å². The number of nitrogens with one attached hydrogen (secondary N) is 1. The highest BCUT2D eigenvalue weighted by Crippen LogP contribution is 2.36. The van der Waals surface area contributed by atoms with Crippen molar-refractivity contribution in [1.29, 1.82) is 0 Å². The molecule has 0 bridgehead atoms. The Hall–Kier alpha value is -1.02. The van der Waals surface area contributed by atoms with Crippen molar-refractivity contribution < 1.29 is 5.11 Å². The fourth-order valence-electron chi connectivity index (χ4n) is 3.85. The second-order valence-electron chi connectivity index (χ2n) is 6.51. The lowest BCUT2D eigenvalue weighted by Gasteiger charge is -2.36. The molecule has 1 fully saturated rings. The monoisotopic (exact) mass is 259 g/mol. The first-order valence-electron chi connectivity index (χ1n) is 7.73. The van der Waals surface area contributed by atoms with Gasteiger partial charge in [0.2, 0.25) is 0 Å². The van der Waals surface area contributed by atoms with Crippen molar-refractivity contribution in [3.8, 4) is 5.75 Å². The molecule has 0 heterocycles. The van der Waals surface area contributed by atoms with E-state index in [4.69, 9.17) is 0 Å². The van der Waals surface area contributed by atoms with Crippen molar-refractivity contribution in [3.63, 3.8) is 0 Å². The Bertz CT molecular complexity index is 457. The van der Waals surface area contributed by atoms with Crippen molar-refractivity contribution >= 4 is 0 Å². The Balaban J connectivity index is 1.72. The molecule has 0 aromatic heterocycles. The third-order valence-corrected chi connectivity index (χ3v) is 5.33. The maximum Gasteiger partial charge on any atom is 0.115 e. The first-order chi connectivity index (χ1) is 9.15. The van der Waals surface area contributed by atoms with E-state index in [0.717, 1.165) is 18.3 Å². The third kappa shape index (κ3) is 2.51. The third-order valence-electron chi connectivity index (χ3n) is 5.33. The molecule has 1 aromatic carbocycles. The van der Waals surface area contributed by atoms with E-state index < -0.39 is 0 Å². The van der Waals surface area contributed by atoms with Gasteiger partial charge < -0.3 is 10.4 Å². The van der Waals surface area contributed by atoms with Gasteiger partial charge in [0.05, 0.1) is 0 Å². The smallest absolute Gasteiger partial charge is 0.115 e. The molecule has 0 aliphatic heterocycles. The van der Waals surface area contributed by atoms with Gasteiger partial charge in [0, 0.05) is 12.1 Å². The molecule has 0 saturated heterocycles. The summed E-state index contributed by atoms with van der Waals surface area (Å²) in [7, 11) is 0. The molecule has 104 valence electrons. The van der Waals surface area contributed by atoms with E-state index in [2.05, 4.69) is 25.2 Å². The van der Waals surface area contributed by atoms with Gasteiger partial charge in [0.1, 0.15) is 5.75 Å². The number of benzene rings is 1. The van der Waals surface area contributed by atoms with Gasteiger partial charge in [-0.05, 0) is 54.4 Å². The molecule has 2 aliphatic rings. The first kappa shape index (κ1) is 13.0. The minimum absolute atomic E-state index is 0.402. The fourth-order valence-corrected chi connectivity index (χ4v) is 3.85. The topological polar surface area (TPSA) is 32.3 Å². The number of rotatable bonds is 2. The summed E-state index contributed by atoms with van der Waals surface area (Å²) in [5.74, 6) is 2.01. The Kier molecular flexibility index (Phi) is 3.53. The number of hydrogen-bond acceptors (Lipinski definition) is 2. The van der Waals surface area contributed by atoms with Crippen molar-refractivity contribution in [2.75, 3.05) is 0 Å². The van der Waals surface area contributed by atoms with Crippen LogP contribution in [-0.2, 0) is 6.42 Å². The number of phenols is 1. The van der Waals surface area contributed by atoms with Crippen LogP contribution in [0.15, 0.2) is 18.2 Å². The zero-order valence-electron chi connectivity index (χ0n) is 12.0. The molecule has 19 heavy (non-hydrogen) atoms. The lowest BCUT2D eigenvalue weighted by molar-refractivity contribution is 0.193. The molecule has 0 amide bonds. The predicted molar refractivity (Wildman–Crippen MR) is 78.3 cm³/mol. The zero-order valence-corrected chi connectivity index (χ0v) is 12.0. The van der Waals surface area contributed by atoms with E-state index in [1.165, 1.54) is 36.8 Å². The quantitative estimate of drug-likeness (QED) is 0.847. The van der Waals surface area contributed by atoms with E-state index in [1.54, 1.807) is 0 Å². The fraction of sp³-hybridized carbons (Fsp3) is 0.647. The average Bonchev–Trinajstić information content (AvgIpc) is 2.77. The van der Waals surface area contributed by atoms with Crippen LogP contribution in [0.4, 0.5) is 0 Å². The normalized spacial score (nSPS) is 34.2. The zero-order chi connectivity index (χ0) is 13.4.